The zero-order chi connectivity index (χ0) is 17.4. The Morgan fingerprint density at radius 3 is 2.08 bits per heavy atom. The van der Waals surface area contributed by atoms with Gasteiger partial charge in [-0.3, -0.25) is 0 Å². The number of hydrogen-bond acceptors (Lipinski definition) is 4. The zero-order valence-electron chi connectivity index (χ0n) is 13.1. The van der Waals surface area contributed by atoms with E-state index in [1.54, 1.807) is 36.4 Å². The Balaban J connectivity index is 2.13. The average molecular weight is 330 g/mol. The Bertz CT molecular complexity index is 1110. The second kappa shape index (κ2) is 5.83. The molecular formula is C21H14O4. The lowest BCUT2D eigenvalue weighted by Gasteiger charge is -2.12. The molecule has 0 saturated heterocycles. The zero-order valence-corrected chi connectivity index (χ0v) is 13.1. The van der Waals surface area contributed by atoms with E-state index in [-0.39, 0.29) is 11.5 Å². The molecule has 0 bridgehead atoms. The van der Waals surface area contributed by atoms with Gasteiger partial charge in [-0.1, -0.05) is 30.3 Å². The second-order valence-corrected chi connectivity index (χ2v) is 5.74. The van der Waals surface area contributed by atoms with Crippen LogP contribution in [0.15, 0.2) is 82.0 Å². The first-order valence-corrected chi connectivity index (χ1v) is 7.78. The SMILES string of the molecule is O=c1oc(-c2ccc(O)cc2)c(-c2ccccc2)c2ccc(O)cc12. The second-order valence-electron chi connectivity index (χ2n) is 5.74. The highest BCUT2D eigenvalue weighted by atomic mass is 16.4. The van der Waals surface area contributed by atoms with Crippen molar-refractivity contribution in [3.8, 4) is 33.9 Å². The molecule has 0 radical (unpaired) electrons. The molecule has 0 aliphatic rings. The molecule has 122 valence electrons. The van der Waals surface area contributed by atoms with Crippen molar-refractivity contribution in [2.24, 2.45) is 0 Å². The molecule has 0 aliphatic carbocycles. The highest BCUT2D eigenvalue weighted by Crippen LogP contribution is 2.37. The molecule has 0 saturated carbocycles. The summed E-state index contributed by atoms with van der Waals surface area (Å²) in [6.07, 6.45) is 0. The number of rotatable bonds is 2. The van der Waals surface area contributed by atoms with E-state index in [0.29, 0.717) is 22.1 Å². The third kappa shape index (κ3) is 2.64. The van der Waals surface area contributed by atoms with Gasteiger partial charge in [-0.2, -0.15) is 0 Å². The van der Waals surface area contributed by atoms with Crippen molar-refractivity contribution in [3.05, 3.63) is 83.2 Å². The van der Waals surface area contributed by atoms with Crippen molar-refractivity contribution >= 4 is 10.8 Å². The molecule has 1 aromatic heterocycles. The van der Waals surface area contributed by atoms with E-state index in [9.17, 15) is 15.0 Å². The first kappa shape index (κ1) is 15.0. The van der Waals surface area contributed by atoms with Crippen molar-refractivity contribution in [1.82, 2.24) is 0 Å². The van der Waals surface area contributed by atoms with Crippen LogP contribution in [0.25, 0.3) is 33.2 Å². The van der Waals surface area contributed by atoms with Crippen molar-refractivity contribution in [2.45, 2.75) is 0 Å². The Labute approximate surface area is 143 Å². The van der Waals surface area contributed by atoms with E-state index in [4.69, 9.17) is 4.42 Å². The predicted molar refractivity (Wildman–Crippen MR) is 96.7 cm³/mol. The monoisotopic (exact) mass is 330 g/mol. The van der Waals surface area contributed by atoms with Crippen LogP contribution in [0.3, 0.4) is 0 Å². The summed E-state index contributed by atoms with van der Waals surface area (Å²) in [4.78, 5) is 12.4. The first-order chi connectivity index (χ1) is 12.1. The quantitative estimate of drug-likeness (QED) is 0.566. The third-order valence-corrected chi connectivity index (χ3v) is 4.11. The summed E-state index contributed by atoms with van der Waals surface area (Å²) in [6, 6.07) is 20.8. The van der Waals surface area contributed by atoms with Gasteiger partial charge in [0.25, 0.3) is 0 Å². The fraction of sp³-hybridized carbons (Fsp3) is 0. The van der Waals surface area contributed by atoms with Gasteiger partial charge in [0.2, 0.25) is 0 Å². The van der Waals surface area contributed by atoms with Crippen LogP contribution in [0.5, 0.6) is 11.5 Å². The summed E-state index contributed by atoms with van der Waals surface area (Å²) in [6.45, 7) is 0. The molecule has 4 rings (SSSR count). The highest BCUT2D eigenvalue weighted by molar-refractivity contribution is 6.01. The first-order valence-electron chi connectivity index (χ1n) is 7.78. The van der Waals surface area contributed by atoms with Gasteiger partial charge in [-0.15, -0.1) is 0 Å². The summed E-state index contributed by atoms with van der Waals surface area (Å²) >= 11 is 0. The van der Waals surface area contributed by atoms with E-state index >= 15 is 0 Å². The van der Waals surface area contributed by atoms with Crippen molar-refractivity contribution in [2.75, 3.05) is 0 Å². The van der Waals surface area contributed by atoms with Crippen LogP contribution < -0.4 is 5.63 Å². The lowest BCUT2D eigenvalue weighted by atomic mass is 9.95. The molecule has 4 aromatic rings. The lowest BCUT2D eigenvalue weighted by Crippen LogP contribution is -2.03. The fourth-order valence-corrected chi connectivity index (χ4v) is 2.95. The average Bonchev–Trinajstić information content (AvgIpc) is 2.63. The molecule has 0 amide bonds. The largest absolute Gasteiger partial charge is 0.508 e. The van der Waals surface area contributed by atoms with Gasteiger partial charge >= 0.3 is 5.63 Å². The minimum absolute atomic E-state index is 0.0104. The predicted octanol–water partition coefficient (Wildman–Crippen LogP) is 4.54. The molecule has 4 heteroatoms. The topological polar surface area (TPSA) is 70.7 Å². The summed E-state index contributed by atoms with van der Waals surface area (Å²) in [7, 11) is 0. The van der Waals surface area contributed by atoms with Gasteiger partial charge in [0, 0.05) is 16.5 Å². The Kier molecular flexibility index (Phi) is 3.51. The van der Waals surface area contributed by atoms with Gasteiger partial charge < -0.3 is 14.6 Å². The lowest BCUT2D eigenvalue weighted by molar-refractivity contribution is 0.474. The maximum absolute atomic E-state index is 12.4. The van der Waals surface area contributed by atoms with Gasteiger partial charge in [-0.25, -0.2) is 4.79 Å². The molecular weight excluding hydrogens is 316 g/mol. The molecule has 3 aromatic carbocycles. The highest BCUT2D eigenvalue weighted by Gasteiger charge is 2.17. The molecule has 25 heavy (non-hydrogen) atoms. The number of aromatic hydroxyl groups is 2. The minimum Gasteiger partial charge on any atom is -0.508 e. The number of benzene rings is 3. The van der Waals surface area contributed by atoms with E-state index in [0.717, 1.165) is 11.1 Å². The summed E-state index contributed by atoms with van der Waals surface area (Å²) in [5.41, 5.74) is 1.82. The molecule has 0 fully saturated rings. The Hall–Kier alpha value is -3.53. The van der Waals surface area contributed by atoms with Gasteiger partial charge in [0.15, 0.2) is 0 Å². The molecule has 0 aliphatic heterocycles. The van der Waals surface area contributed by atoms with Crippen LogP contribution in [0, 0.1) is 0 Å². The van der Waals surface area contributed by atoms with Crippen molar-refractivity contribution in [3.63, 3.8) is 0 Å². The molecule has 0 atom stereocenters. The Morgan fingerprint density at radius 2 is 1.36 bits per heavy atom. The van der Waals surface area contributed by atoms with E-state index in [2.05, 4.69) is 0 Å². The van der Waals surface area contributed by atoms with Gasteiger partial charge in [0.1, 0.15) is 17.3 Å². The molecule has 1 heterocycles. The van der Waals surface area contributed by atoms with E-state index < -0.39 is 5.63 Å². The van der Waals surface area contributed by atoms with Crippen LogP contribution in [-0.2, 0) is 0 Å². The summed E-state index contributed by atoms with van der Waals surface area (Å²) in [5.74, 6) is 0.573. The van der Waals surface area contributed by atoms with Crippen molar-refractivity contribution in [1.29, 1.82) is 0 Å². The molecule has 0 unspecified atom stereocenters. The van der Waals surface area contributed by atoms with Crippen LogP contribution >= 0.6 is 0 Å². The standard InChI is InChI=1S/C21H14O4/c22-15-8-6-14(7-9-15)20-19(13-4-2-1-3-5-13)17-11-10-16(23)12-18(17)21(24)25-20/h1-12,22-23H. The molecule has 2 N–H and O–H groups in total. The third-order valence-electron chi connectivity index (χ3n) is 4.11. The van der Waals surface area contributed by atoms with E-state index in [1.165, 1.54) is 6.07 Å². The maximum atomic E-state index is 12.4. The van der Waals surface area contributed by atoms with Crippen LogP contribution in [0.4, 0.5) is 0 Å². The van der Waals surface area contributed by atoms with Crippen LogP contribution in [-0.4, -0.2) is 10.2 Å². The number of fused-ring (bicyclic) bond motifs is 1. The van der Waals surface area contributed by atoms with Gasteiger partial charge in [-0.05, 0) is 48.0 Å². The summed E-state index contributed by atoms with van der Waals surface area (Å²) in [5, 5.41) is 20.3. The smallest absolute Gasteiger partial charge is 0.344 e. The normalized spacial score (nSPS) is 10.9. The molecule has 4 nitrogen and oxygen atoms in total. The number of hydrogen-bond donors (Lipinski definition) is 2. The number of phenols is 2. The fourth-order valence-electron chi connectivity index (χ4n) is 2.95. The molecule has 0 spiro atoms. The Morgan fingerprint density at radius 1 is 0.680 bits per heavy atom. The van der Waals surface area contributed by atoms with Crippen LogP contribution in [0.1, 0.15) is 0 Å². The van der Waals surface area contributed by atoms with Crippen molar-refractivity contribution < 1.29 is 14.6 Å². The van der Waals surface area contributed by atoms with Crippen LogP contribution in [0.2, 0.25) is 0 Å². The van der Waals surface area contributed by atoms with Gasteiger partial charge in [0.05, 0.1) is 5.39 Å². The number of phenolic OH excluding ortho intramolecular Hbond substituents is 2. The summed E-state index contributed by atoms with van der Waals surface area (Å²) < 4.78 is 5.61. The maximum Gasteiger partial charge on any atom is 0.344 e. The van der Waals surface area contributed by atoms with E-state index in [1.807, 2.05) is 30.3 Å². The minimum atomic E-state index is -0.520.